The summed E-state index contributed by atoms with van der Waals surface area (Å²) >= 11 is 0. The summed E-state index contributed by atoms with van der Waals surface area (Å²) < 4.78 is 10.4. The number of aromatic hydroxyl groups is 1. The van der Waals surface area contributed by atoms with E-state index in [1.54, 1.807) is 14.2 Å². The van der Waals surface area contributed by atoms with Crippen molar-refractivity contribution in [3.05, 3.63) is 17.7 Å². The Kier molecular flexibility index (Phi) is 5.34. The van der Waals surface area contributed by atoms with E-state index in [1.807, 2.05) is 12.1 Å². The summed E-state index contributed by atoms with van der Waals surface area (Å²) in [5.74, 6) is 2.58. The molecule has 2 N–H and O–H groups in total. The molecule has 0 amide bonds. The summed E-state index contributed by atoms with van der Waals surface area (Å²) in [6.07, 6.45) is 3.76. The van der Waals surface area contributed by atoms with Crippen LogP contribution in [0.5, 0.6) is 17.2 Å². The van der Waals surface area contributed by atoms with Crippen LogP contribution in [-0.4, -0.2) is 25.4 Å². The Balaban J connectivity index is 2.00. The van der Waals surface area contributed by atoms with Crippen molar-refractivity contribution in [1.82, 2.24) is 5.32 Å². The quantitative estimate of drug-likeness (QED) is 0.874. The van der Waals surface area contributed by atoms with Crippen molar-refractivity contribution >= 4 is 0 Å². The molecular formula is C17H27NO3. The highest BCUT2D eigenvalue weighted by Crippen LogP contribution is 2.37. The monoisotopic (exact) mass is 293 g/mol. The van der Waals surface area contributed by atoms with E-state index in [0.717, 1.165) is 23.9 Å². The fourth-order valence-corrected chi connectivity index (χ4v) is 3.04. The van der Waals surface area contributed by atoms with Gasteiger partial charge in [-0.3, -0.25) is 0 Å². The smallest absolute Gasteiger partial charge is 0.200 e. The van der Waals surface area contributed by atoms with Crippen LogP contribution in [0.1, 0.15) is 38.7 Å². The van der Waals surface area contributed by atoms with Crippen molar-refractivity contribution in [2.45, 2.75) is 45.7 Å². The minimum Gasteiger partial charge on any atom is -0.502 e. The highest BCUT2D eigenvalue weighted by atomic mass is 16.5. The van der Waals surface area contributed by atoms with Gasteiger partial charge in [0.25, 0.3) is 0 Å². The average molecular weight is 293 g/mol. The molecule has 0 aliphatic heterocycles. The Labute approximate surface area is 127 Å². The number of hydrogen-bond donors (Lipinski definition) is 2. The molecule has 4 nitrogen and oxygen atoms in total. The highest BCUT2D eigenvalue weighted by Gasteiger charge is 2.24. The molecule has 3 atom stereocenters. The molecule has 1 aliphatic carbocycles. The van der Waals surface area contributed by atoms with Gasteiger partial charge < -0.3 is 19.9 Å². The Bertz CT molecular complexity index is 450. The molecule has 0 bridgehead atoms. The molecule has 0 radical (unpaired) electrons. The van der Waals surface area contributed by atoms with Crippen LogP contribution >= 0.6 is 0 Å². The third-order valence-electron chi connectivity index (χ3n) is 4.73. The molecule has 21 heavy (non-hydrogen) atoms. The maximum Gasteiger partial charge on any atom is 0.200 e. The fourth-order valence-electron chi connectivity index (χ4n) is 3.04. The number of benzene rings is 1. The molecule has 2 rings (SSSR count). The second-order valence-electron chi connectivity index (χ2n) is 6.19. The number of phenols is 1. The van der Waals surface area contributed by atoms with Gasteiger partial charge in [0.2, 0.25) is 5.75 Å². The van der Waals surface area contributed by atoms with E-state index in [0.29, 0.717) is 17.5 Å². The number of ether oxygens (including phenoxy) is 2. The summed E-state index contributed by atoms with van der Waals surface area (Å²) in [6.45, 7) is 5.44. The minimum atomic E-state index is 0.0591. The highest BCUT2D eigenvalue weighted by molar-refractivity contribution is 5.52. The topological polar surface area (TPSA) is 50.7 Å². The molecule has 118 valence electrons. The third kappa shape index (κ3) is 3.82. The lowest BCUT2D eigenvalue weighted by Gasteiger charge is -2.32. The average Bonchev–Trinajstić information content (AvgIpc) is 2.49. The third-order valence-corrected chi connectivity index (χ3v) is 4.73. The van der Waals surface area contributed by atoms with Crippen LogP contribution in [-0.2, 0) is 6.54 Å². The van der Waals surface area contributed by atoms with Gasteiger partial charge in [-0.2, -0.15) is 0 Å². The van der Waals surface area contributed by atoms with E-state index < -0.39 is 0 Å². The first-order chi connectivity index (χ1) is 10.0. The van der Waals surface area contributed by atoms with E-state index in [-0.39, 0.29) is 5.75 Å². The standard InChI is InChI=1S/C17H27NO3/c1-11-5-6-14(7-12(11)2)18-10-13-8-15(20-3)17(19)16(9-13)21-4/h8-9,11-12,14,18-19H,5-7,10H2,1-4H3. The van der Waals surface area contributed by atoms with E-state index in [1.165, 1.54) is 19.3 Å². The zero-order valence-electron chi connectivity index (χ0n) is 13.5. The SMILES string of the molecule is COc1cc(CNC2CCC(C)C(C)C2)cc(OC)c1O. The predicted molar refractivity (Wildman–Crippen MR) is 84.0 cm³/mol. The van der Waals surface area contributed by atoms with E-state index in [2.05, 4.69) is 19.2 Å². The predicted octanol–water partition coefficient (Wildman–Crippen LogP) is 3.32. The van der Waals surface area contributed by atoms with E-state index in [4.69, 9.17) is 9.47 Å². The van der Waals surface area contributed by atoms with Crippen molar-refractivity contribution in [3.8, 4) is 17.2 Å². The number of hydrogen-bond acceptors (Lipinski definition) is 4. The van der Waals surface area contributed by atoms with Crippen molar-refractivity contribution in [3.63, 3.8) is 0 Å². The molecule has 0 aromatic heterocycles. The zero-order valence-corrected chi connectivity index (χ0v) is 13.5. The molecule has 4 heteroatoms. The van der Waals surface area contributed by atoms with Gasteiger partial charge >= 0.3 is 0 Å². The molecule has 1 fully saturated rings. The molecule has 0 heterocycles. The van der Waals surface area contributed by atoms with Gasteiger partial charge in [0, 0.05) is 12.6 Å². The first-order valence-corrected chi connectivity index (χ1v) is 7.72. The number of phenolic OH excluding ortho intramolecular Hbond substituents is 1. The van der Waals surface area contributed by atoms with Gasteiger partial charge in [0.15, 0.2) is 11.5 Å². The minimum absolute atomic E-state index is 0.0591. The normalized spacial score (nSPS) is 25.6. The van der Waals surface area contributed by atoms with Crippen LogP contribution < -0.4 is 14.8 Å². The van der Waals surface area contributed by atoms with Crippen molar-refractivity contribution in [2.75, 3.05) is 14.2 Å². The lowest BCUT2D eigenvalue weighted by atomic mass is 9.79. The summed E-state index contributed by atoms with van der Waals surface area (Å²) in [5, 5.41) is 13.5. The summed E-state index contributed by atoms with van der Waals surface area (Å²) in [6, 6.07) is 4.29. The molecule has 0 spiro atoms. The Morgan fingerprint density at radius 3 is 2.24 bits per heavy atom. The van der Waals surface area contributed by atoms with Crippen molar-refractivity contribution in [2.24, 2.45) is 11.8 Å². The van der Waals surface area contributed by atoms with Gasteiger partial charge in [-0.15, -0.1) is 0 Å². The summed E-state index contributed by atoms with van der Waals surface area (Å²) in [7, 11) is 3.10. The Morgan fingerprint density at radius 2 is 1.71 bits per heavy atom. The van der Waals surface area contributed by atoms with Crippen LogP contribution in [0.25, 0.3) is 0 Å². The van der Waals surface area contributed by atoms with Gasteiger partial charge in [0.05, 0.1) is 14.2 Å². The maximum atomic E-state index is 9.92. The largest absolute Gasteiger partial charge is 0.502 e. The lowest BCUT2D eigenvalue weighted by Crippen LogP contribution is -2.35. The number of methoxy groups -OCH3 is 2. The first-order valence-electron chi connectivity index (χ1n) is 7.72. The first kappa shape index (κ1) is 16.0. The van der Waals surface area contributed by atoms with Crippen LogP contribution in [0.2, 0.25) is 0 Å². The lowest BCUT2D eigenvalue weighted by molar-refractivity contribution is 0.225. The van der Waals surface area contributed by atoms with E-state index >= 15 is 0 Å². The van der Waals surface area contributed by atoms with Crippen molar-refractivity contribution < 1.29 is 14.6 Å². The van der Waals surface area contributed by atoms with Crippen LogP contribution in [0.4, 0.5) is 0 Å². The molecule has 1 aromatic carbocycles. The molecule has 0 saturated heterocycles. The van der Waals surface area contributed by atoms with E-state index in [9.17, 15) is 5.11 Å². The summed E-state index contributed by atoms with van der Waals surface area (Å²) in [4.78, 5) is 0. The number of rotatable bonds is 5. The zero-order chi connectivity index (χ0) is 15.4. The van der Waals surface area contributed by atoms with Gasteiger partial charge in [0.1, 0.15) is 0 Å². The number of nitrogens with one attached hydrogen (secondary N) is 1. The van der Waals surface area contributed by atoms with Gasteiger partial charge in [-0.25, -0.2) is 0 Å². The Morgan fingerprint density at radius 1 is 1.10 bits per heavy atom. The molecular weight excluding hydrogens is 266 g/mol. The summed E-state index contributed by atoms with van der Waals surface area (Å²) in [5.41, 5.74) is 1.06. The van der Waals surface area contributed by atoms with Gasteiger partial charge in [-0.05, 0) is 48.8 Å². The fraction of sp³-hybridized carbons (Fsp3) is 0.647. The maximum absolute atomic E-state index is 9.92. The van der Waals surface area contributed by atoms with Gasteiger partial charge in [-0.1, -0.05) is 13.8 Å². The molecule has 1 aliphatic rings. The molecule has 1 aromatic rings. The molecule has 1 saturated carbocycles. The van der Waals surface area contributed by atoms with Crippen molar-refractivity contribution in [1.29, 1.82) is 0 Å². The second kappa shape index (κ2) is 7.03. The van der Waals surface area contributed by atoms with Crippen LogP contribution in [0, 0.1) is 11.8 Å². The second-order valence-corrected chi connectivity index (χ2v) is 6.19. The van der Waals surface area contributed by atoms with Crippen LogP contribution in [0.15, 0.2) is 12.1 Å². The van der Waals surface area contributed by atoms with Crippen LogP contribution in [0.3, 0.4) is 0 Å². The molecule has 3 unspecified atom stereocenters. The Hall–Kier alpha value is -1.42.